The lowest BCUT2D eigenvalue weighted by atomic mass is 9.86. The molecule has 0 aromatic heterocycles. The van der Waals surface area contributed by atoms with Crippen LogP contribution in [-0.4, -0.2) is 43.3 Å². The fourth-order valence-electron chi connectivity index (χ4n) is 3.11. The lowest BCUT2D eigenvalue weighted by molar-refractivity contribution is -0.271. The van der Waals surface area contributed by atoms with E-state index in [4.69, 9.17) is 4.74 Å². The van der Waals surface area contributed by atoms with E-state index in [1.165, 1.54) is 0 Å². The van der Waals surface area contributed by atoms with E-state index in [0.29, 0.717) is 6.42 Å². The largest absolute Gasteiger partial charge is 0.459 e. The highest BCUT2D eigenvalue weighted by molar-refractivity contribution is 5.16. The van der Waals surface area contributed by atoms with E-state index < -0.39 is 17.8 Å². The zero-order chi connectivity index (χ0) is 16.2. The fraction of sp³-hybridized carbons (Fsp3) is 0.867. The highest BCUT2D eigenvalue weighted by Crippen LogP contribution is 2.43. The minimum atomic E-state index is -5.57. The van der Waals surface area contributed by atoms with Crippen LogP contribution in [0.4, 0.5) is 22.0 Å². The summed E-state index contributed by atoms with van der Waals surface area (Å²) in [5.41, 5.74) is -0.895. The van der Waals surface area contributed by atoms with Gasteiger partial charge in [-0.2, -0.15) is 22.0 Å². The second kappa shape index (κ2) is 7.15. The Morgan fingerprint density at radius 2 is 1.59 bits per heavy atom. The molecule has 0 atom stereocenters. The lowest BCUT2D eigenvalue weighted by Gasteiger charge is -2.36. The van der Waals surface area contributed by atoms with Crippen LogP contribution in [0.15, 0.2) is 11.8 Å². The molecule has 7 heteroatoms. The van der Waals surface area contributed by atoms with Crippen molar-refractivity contribution >= 4 is 0 Å². The van der Waals surface area contributed by atoms with Crippen molar-refractivity contribution in [2.24, 2.45) is 5.92 Å². The SMILES string of the molecule is FC(F)(F)C(F)(F)/C(=C\CC1CCCCC1)N1CCOCC1. The number of nitrogens with zero attached hydrogens (tertiary/aromatic N) is 1. The molecule has 1 saturated heterocycles. The molecule has 2 fully saturated rings. The maximum atomic E-state index is 13.9. The fourth-order valence-corrected chi connectivity index (χ4v) is 3.11. The standard InChI is InChI=1S/C15H22F5NO/c16-14(17,15(18,19)20)13(21-8-10-22-11-9-21)7-6-12-4-2-1-3-5-12/h7,12H,1-6,8-11H2/b13-7+. The molecule has 0 N–H and O–H groups in total. The van der Waals surface area contributed by atoms with Crippen LogP contribution in [0.2, 0.25) is 0 Å². The van der Waals surface area contributed by atoms with Gasteiger partial charge in [0.25, 0.3) is 0 Å². The summed E-state index contributed by atoms with van der Waals surface area (Å²) in [6.45, 7) is 0.494. The van der Waals surface area contributed by atoms with Gasteiger partial charge in [0, 0.05) is 13.1 Å². The zero-order valence-corrected chi connectivity index (χ0v) is 12.5. The van der Waals surface area contributed by atoms with E-state index >= 15 is 0 Å². The van der Waals surface area contributed by atoms with Gasteiger partial charge in [-0.3, -0.25) is 0 Å². The molecule has 128 valence electrons. The summed E-state index contributed by atoms with van der Waals surface area (Å²) in [6, 6.07) is 0. The lowest BCUT2D eigenvalue weighted by Crippen LogP contribution is -2.48. The van der Waals surface area contributed by atoms with Crippen molar-refractivity contribution in [3.8, 4) is 0 Å². The monoisotopic (exact) mass is 327 g/mol. The summed E-state index contributed by atoms with van der Waals surface area (Å²) in [4.78, 5) is 1.12. The van der Waals surface area contributed by atoms with Crippen LogP contribution in [0, 0.1) is 5.92 Å². The first kappa shape index (κ1) is 17.5. The number of hydrogen-bond donors (Lipinski definition) is 0. The van der Waals surface area contributed by atoms with Crippen LogP contribution in [0.25, 0.3) is 0 Å². The van der Waals surface area contributed by atoms with Crippen molar-refractivity contribution in [3.05, 3.63) is 11.8 Å². The normalized spacial score (nSPS) is 23.0. The van der Waals surface area contributed by atoms with Crippen LogP contribution in [0.1, 0.15) is 38.5 Å². The van der Waals surface area contributed by atoms with Crippen molar-refractivity contribution in [2.75, 3.05) is 26.3 Å². The van der Waals surface area contributed by atoms with E-state index in [9.17, 15) is 22.0 Å². The van der Waals surface area contributed by atoms with E-state index in [1.54, 1.807) is 0 Å². The summed E-state index contributed by atoms with van der Waals surface area (Å²) >= 11 is 0. The molecule has 2 rings (SSSR count). The van der Waals surface area contributed by atoms with Gasteiger partial charge in [0.05, 0.1) is 18.9 Å². The molecule has 2 aliphatic rings. The smallest absolute Gasteiger partial charge is 0.378 e. The third kappa shape index (κ3) is 4.12. The highest BCUT2D eigenvalue weighted by Gasteiger charge is 2.61. The first-order valence-corrected chi connectivity index (χ1v) is 7.80. The zero-order valence-electron chi connectivity index (χ0n) is 12.5. The number of morpholine rings is 1. The van der Waals surface area contributed by atoms with Gasteiger partial charge in [-0.15, -0.1) is 0 Å². The van der Waals surface area contributed by atoms with Gasteiger partial charge in [0.2, 0.25) is 0 Å². The Hall–Kier alpha value is -0.850. The molecule has 0 aromatic rings. The highest BCUT2D eigenvalue weighted by atomic mass is 19.4. The average molecular weight is 327 g/mol. The van der Waals surface area contributed by atoms with Gasteiger partial charge >= 0.3 is 12.1 Å². The van der Waals surface area contributed by atoms with Crippen LogP contribution in [0.5, 0.6) is 0 Å². The van der Waals surface area contributed by atoms with Crippen molar-refractivity contribution in [2.45, 2.75) is 50.6 Å². The number of hydrogen-bond acceptors (Lipinski definition) is 2. The summed E-state index contributed by atoms with van der Waals surface area (Å²) in [5.74, 6) is -4.59. The summed E-state index contributed by atoms with van der Waals surface area (Å²) in [5, 5.41) is 0. The molecule has 1 aliphatic heterocycles. The molecule has 22 heavy (non-hydrogen) atoms. The predicted molar refractivity (Wildman–Crippen MR) is 72.7 cm³/mol. The number of halogens is 5. The number of alkyl halides is 5. The Morgan fingerprint density at radius 1 is 1.00 bits per heavy atom. The minimum absolute atomic E-state index is 0.0716. The minimum Gasteiger partial charge on any atom is -0.378 e. The second-order valence-electron chi connectivity index (χ2n) is 6.00. The Labute approximate surface area is 127 Å². The van der Waals surface area contributed by atoms with E-state index in [1.807, 2.05) is 0 Å². The van der Waals surface area contributed by atoms with Crippen molar-refractivity contribution in [3.63, 3.8) is 0 Å². The van der Waals surface area contributed by atoms with Gasteiger partial charge in [-0.25, -0.2) is 0 Å². The van der Waals surface area contributed by atoms with Crippen molar-refractivity contribution < 1.29 is 26.7 Å². The molecule has 0 bridgehead atoms. The maximum Gasteiger partial charge on any atom is 0.459 e. The third-order valence-electron chi connectivity index (χ3n) is 4.40. The number of allylic oxidation sites excluding steroid dienone is 2. The quantitative estimate of drug-likeness (QED) is 0.711. The molecule has 2 nitrogen and oxygen atoms in total. The molecule has 1 aliphatic carbocycles. The molecule has 0 radical (unpaired) electrons. The molecule has 1 heterocycles. The summed E-state index contributed by atoms with van der Waals surface area (Å²) in [7, 11) is 0. The topological polar surface area (TPSA) is 12.5 Å². The molecule has 0 amide bonds. The maximum absolute atomic E-state index is 13.9. The van der Waals surface area contributed by atoms with Crippen LogP contribution in [-0.2, 0) is 4.74 Å². The Kier molecular flexibility index (Phi) is 5.69. The van der Waals surface area contributed by atoms with Crippen molar-refractivity contribution in [1.82, 2.24) is 4.90 Å². The second-order valence-corrected chi connectivity index (χ2v) is 6.00. The number of rotatable bonds is 4. The van der Waals surface area contributed by atoms with E-state index in [0.717, 1.165) is 43.1 Å². The average Bonchev–Trinajstić information content (AvgIpc) is 2.48. The van der Waals surface area contributed by atoms with Crippen LogP contribution >= 0.6 is 0 Å². The van der Waals surface area contributed by atoms with Crippen LogP contribution in [0.3, 0.4) is 0 Å². The first-order chi connectivity index (χ1) is 10.3. The van der Waals surface area contributed by atoms with Gasteiger partial charge in [0.1, 0.15) is 0 Å². The molecular weight excluding hydrogens is 305 g/mol. The van der Waals surface area contributed by atoms with E-state index in [2.05, 4.69) is 0 Å². The van der Waals surface area contributed by atoms with Crippen molar-refractivity contribution in [1.29, 1.82) is 0 Å². The van der Waals surface area contributed by atoms with E-state index in [-0.39, 0.29) is 32.2 Å². The van der Waals surface area contributed by atoms with Crippen LogP contribution < -0.4 is 0 Å². The molecular formula is C15H22F5NO. The van der Waals surface area contributed by atoms with Gasteiger partial charge in [0.15, 0.2) is 0 Å². The Morgan fingerprint density at radius 3 is 2.14 bits per heavy atom. The summed E-state index contributed by atoms with van der Waals surface area (Å²) < 4.78 is 71.0. The molecule has 0 unspecified atom stereocenters. The Bertz CT molecular complexity index is 382. The van der Waals surface area contributed by atoms with Gasteiger partial charge in [-0.05, 0) is 12.3 Å². The first-order valence-electron chi connectivity index (χ1n) is 7.80. The molecule has 0 aromatic carbocycles. The Balaban J connectivity index is 2.16. The number of ether oxygens (including phenoxy) is 1. The van der Waals surface area contributed by atoms with Gasteiger partial charge < -0.3 is 9.64 Å². The predicted octanol–water partition coefficient (Wildman–Crippen LogP) is 4.37. The molecule has 1 saturated carbocycles. The van der Waals surface area contributed by atoms with Gasteiger partial charge in [-0.1, -0.05) is 38.2 Å². The third-order valence-corrected chi connectivity index (χ3v) is 4.40. The molecule has 0 spiro atoms. The summed E-state index contributed by atoms with van der Waals surface area (Å²) in [6.07, 6.45) is 0.836.